The monoisotopic (exact) mass is 207 g/mol. The summed E-state index contributed by atoms with van der Waals surface area (Å²) in [6.07, 6.45) is 7.95. The summed E-state index contributed by atoms with van der Waals surface area (Å²) >= 11 is 0. The van der Waals surface area contributed by atoms with E-state index in [2.05, 4.69) is 28.7 Å². The summed E-state index contributed by atoms with van der Waals surface area (Å²) in [5, 5.41) is 3.60. The fourth-order valence-electron chi connectivity index (χ4n) is 2.09. The number of hydrogen-bond donors (Lipinski definition) is 1. The summed E-state index contributed by atoms with van der Waals surface area (Å²) in [6, 6.07) is 0.356. The van der Waals surface area contributed by atoms with Crippen LogP contribution in [0.1, 0.15) is 45.0 Å². The molecule has 1 saturated carbocycles. The van der Waals surface area contributed by atoms with Gasteiger partial charge in [0.2, 0.25) is 0 Å². The zero-order valence-corrected chi connectivity index (χ0v) is 9.95. The molecule has 1 fully saturated rings. The van der Waals surface area contributed by atoms with Gasteiger partial charge in [-0.3, -0.25) is 0 Å². The molecule has 0 aliphatic heterocycles. The average Bonchev–Trinajstić information content (AvgIpc) is 2.91. The number of hydrogen-bond acceptors (Lipinski definition) is 2. The van der Waals surface area contributed by atoms with Crippen LogP contribution in [0.2, 0.25) is 0 Å². The van der Waals surface area contributed by atoms with Crippen molar-refractivity contribution in [3.05, 3.63) is 18.2 Å². The lowest BCUT2D eigenvalue weighted by Crippen LogP contribution is -2.28. The number of aryl methyl sites for hydroxylation is 1. The molecule has 0 spiro atoms. The lowest BCUT2D eigenvalue weighted by atomic mass is 10.0. The fourth-order valence-corrected chi connectivity index (χ4v) is 2.09. The van der Waals surface area contributed by atoms with E-state index in [1.807, 2.05) is 19.4 Å². The van der Waals surface area contributed by atoms with Crippen molar-refractivity contribution in [3.8, 4) is 0 Å². The van der Waals surface area contributed by atoms with Crippen LogP contribution in [-0.4, -0.2) is 16.1 Å². The molecule has 1 aliphatic rings. The van der Waals surface area contributed by atoms with Crippen LogP contribution in [0.25, 0.3) is 0 Å². The van der Waals surface area contributed by atoms with Gasteiger partial charge in [0.25, 0.3) is 0 Å². The molecule has 2 rings (SSSR count). The third-order valence-corrected chi connectivity index (χ3v) is 3.74. The summed E-state index contributed by atoms with van der Waals surface area (Å²) in [5.74, 6) is 1.13. The Morgan fingerprint density at radius 2 is 2.33 bits per heavy atom. The lowest BCUT2D eigenvalue weighted by Gasteiger charge is -2.18. The van der Waals surface area contributed by atoms with Crippen molar-refractivity contribution in [2.24, 2.45) is 12.5 Å². The quantitative estimate of drug-likeness (QED) is 0.802. The van der Waals surface area contributed by atoms with E-state index >= 15 is 0 Å². The highest BCUT2D eigenvalue weighted by atomic mass is 15.1. The van der Waals surface area contributed by atoms with Gasteiger partial charge < -0.3 is 9.88 Å². The molecule has 1 aliphatic carbocycles. The highest BCUT2D eigenvalue weighted by molar-refractivity contribution is 5.00. The van der Waals surface area contributed by atoms with E-state index in [1.165, 1.54) is 19.3 Å². The zero-order chi connectivity index (χ0) is 10.9. The Balaban J connectivity index is 1.88. The molecule has 15 heavy (non-hydrogen) atoms. The van der Waals surface area contributed by atoms with Gasteiger partial charge in [-0.05, 0) is 31.6 Å². The van der Waals surface area contributed by atoms with Crippen molar-refractivity contribution in [2.45, 2.75) is 39.2 Å². The van der Waals surface area contributed by atoms with E-state index in [1.54, 1.807) is 0 Å². The summed E-state index contributed by atoms with van der Waals surface area (Å²) < 4.78 is 2.09. The smallest absolute Gasteiger partial charge is 0.125 e. The van der Waals surface area contributed by atoms with Gasteiger partial charge in [-0.2, -0.15) is 0 Å². The molecule has 1 aromatic heterocycles. The lowest BCUT2D eigenvalue weighted by molar-refractivity contribution is 0.404. The third kappa shape index (κ3) is 2.23. The molecule has 3 heteroatoms. The molecule has 0 saturated heterocycles. The molecule has 1 aromatic rings. The van der Waals surface area contributed by atoms with Crippen LogP contribution < -0.4 is 5.32 Å². The van der Waals surface area contributed by atoms with Crippen LogP contribution in [0.4, 0.5) is 0 Å². The minimum absolute atomic E-state index is 0.356. The molecule has 0 aromatic carbocycles. The first kappa shape index (κ1) is 10.7. The Morgan fingerprint density at radius 3 is 2.80 bits per heavy atom. The van der Waals surface area contributed by atoms with Crippen LogP contribution in [-0.2, 0) is 7.05 Å². The SMILES string of the molecule is CCC1(CNC(C)c2nccn2C)CC1. The van der Waals surface area contributed by atoms with Crippen LogP contribution in [0.15, 0.2) is 12.4 Å². The summed E-state index contributed by atoms with van der Waals surface area (Å²) in [5.41, 5.74) is 0.611. The average molecular weight is 207 g/mol. The normalized spacial score (nSPS) is 20.2. The van der Waals surface area contributed by atoms with Gasteiger partial charge >= 0.3 is 0 Å². The molecule has 0 bridgehead atoms. The summed E-state index contributed by atoms with van der Waals surface area (Å²) in [7, 11) is 2.05. The maximum atomic E-state index is 4.36. The van der Waals surface area contributed by atoms with Crippen LogP contribution in [0, 0.1) is 5.41 Å². The first-order valence-electron chi connectivity index (χ1n) is 5.87. The van der Waals surface area contributed by atoms with Gasteiger partial charge in [0, 0.05) is 26.0 Å². The Hall–Kier alpha value is -0.830. The van der Waals surface area contributed by atoms with E-state index in [0.29, 0.717) is 11.5 Å². The van der Waals surface area contributed by atoms with E-state index in [9.17, 15) is 0 Å². The van der Waals surface area contributed by atoms with Gasteiger partial charge in [0.15, 0.2) is 0 Å². The standard InChI is InChI=1S/C12H21N3/c1-4-12(5-6-12)9-14-10(2)11-13-7-8-15(11)3/h7-8,10,14H,4-6,9H2,1-3H3. The van der Waals surface area contributed by atoms with E-state index in [4.69, 9.17) is 0 Å². The molecule has 84 valence electrons. The van der Waals surface area contributed by atoms with Crippen LogP contribution >= 0.6 is 0 Å². The minimum atomic E-state index is 0.356. The highest BCUT2D eigenvalue weighted by Crippen LogP contribution is 2.48. The van der Waals surface area contributed by atoms with Gasteiger partial charge in [-0.15, -0.1) is 0 Å². The summed E-state index contributed by atoms with van der Waals surface area (Å²) in [4.78, 5) is 4.36. The molecule has 1 unspecified atom stereocenters. The second-order valence-electron chi connectivity index (χ2n) is 4.85. The number of aromatic nitrogens is 2. The van der Waals surface area contributed by atoms with Crippen LogP contribution in [0.5, 0.6) is 0 Å². The fraction of sp³-hybridized carbons (Fsp3) is 0.750. The maximum absolute atomic E-state index is 4.36. The molecule has 3 nitrogen and oxygen atoms in total. The number of imidazole rings is 1. The number of rotatable bonds is 5. The maximum Gasteiger partial charge on any atom is 0.125 e. The Labute approximate surface area is 91.9 Å². The van der Waals surface area contributed by atoms with E-state index in [-0.39, 0.29) is 0 Å². The predicted molar refractivity (Wildman–Crippen MR) is 61.6 cm³/mol. The van der Waals surface area contributed by atoms with Gasteiger partial charge in [0.05, 0.1) is 6.04 Å². The Morgan fingerprint density at radius 1 is 1.60 bits per heavy atom. The van der Waals surface area contributed by atoms with Crippen molar-refractivity contribution < 1.29 is 0 Å². The van der Waals surface area contributed by atoms with Crippen LogP contribution in [0.3, 0.4) is 0 Å². The van der Waals surface area contributed by atoms with Gasteiger partial charge in [-0.25, -0.2) is 4.98 Å². The van der Waals surface area contributed by atoms with E-state index < -0.39 is 0 Å². The molecular formula is C12H21N3. The zero-order valence-electron chi connectivity index (χ0n) is 9.95. The van der Waals surface area contributed by atoms with Gasteiger partial charge in [0.1, 0.15) is 5.82 Å². The van der Waals surface area contributed by atoms with Crippen molar-refractivity contribution in [2.75, 3.05) is 6.54 Å². The molecule has 1 atom stereocenters. The van der Waals surface area contributed by atoms with Crippen molar-refractivity contribution in [1.29, 1.82) is 0 Å². The van der Waals surface area contributed by atoms with Gasteiger partial charge in [-0.1, -0.05) is 6.92 Å². The van der Waals surface area contributed by atoms with Crippen molar-refractivity contribution in [3.63, 3.8) is 0 Å². The van der Waals surface area contributed by atoms with Crippen molar-refractivity contribution in [1.82, 2.24) is 14.9 Å². The highest BCUT2D eigenvalue weighted by Gasteiger charge is 2.40. The molecule has 1 N–H and O–H groups in total. The largest absolute Gasteiger partial charge is 0.337 e. The summed E-state index contributed by atoms with van der Waals surface area (Å²) in [6.45, 7) is 5.62. The first-order valence-corrected chi connectivity index (χ1v) is 5.87. The molecule has 0 radical (unpaired) electrons. The number of nitrogens with one attached hydrogen (secondary N) is 1. The Kier molecular flexibility index (Phi) is 2.83. The first-order chi connectivity index (χ1) is 7.17. The third-order valence-electron chi connectivity index (χ3n) is 3.74. The second-order valence-corrected chi connectivity index (χ2v) is 4.85. The second kappa shape index (κ2) is 3.97. The van der Waals surface area contributed by atoms with E-state index in [0.717, 1.165) is 12.4 Å². The molecule has 0 amide bonds. The topological polar surface area (TPSA) is 29.9 Å². The minimum Gasteiger partial charge on any atom is -0.337 e. The number of nitrogens with zero attached hydrogens (tertiary/aromatic N) is 2. The molecule has 1 heterocycles. The Bertz CT molecular complexity index is 325. The molecular weight excluding hydrogens is 186 g/mol. The predicted octanol–water partition coefficient (Wildman–Crippen LogP) is 2.26. The van der Waals surface area contributed by atoms with Crippen molar-refractivity contribution >= 4 is 0 Å².